The van der Waals surface area contributed by atoms with Crippen molar-refractivity contribution < 1.29 is 13.2 Å². The molecule has 2 saturated heterocycles. The molecule has 8 heteroatoms. The third kappa shape index (κ3) is 5.80. The zero-order chi connectivity index (χ0) is 23.3. The van der Waals surface area contributed by atoms with Gasteiger partial charge in [-0.05, 0) is 42.9 Å². The third-order valence-electron chi connectivity index (χ3n) is 6.51. The highest BCUT2D eigenvalue weighted by atomic mass is 32.2. The Morgan fingerprint density at radius 1 is 0.879 bits per heavy atom. The van der Waals surface area contributed by atoms with E-state index in [-0.39, 0.29) is 10.8 Å². The number of amides is 1. The minimum atomic E-state index is -3.65. The van der Waals surface area contributed by atoms with E-state index in [1.54, 1.807) is 22.5 Å². The number of piperazine rings is 1. The van der Waals surface area contributed by atoms with Crippen molar-refractivity contribution in [2.75, 3.05) is 45.5 Å². The van der Waals surface area contributed by atoms with E-state index in [0.717, 1.165) is 50.2 Å². The summed E-state index contributed by atoms with van der Waals surface area (Å²) < 4.78 is 28.4. The summed E-state index contributed by atoms with van der Waals surface area (Å²) in [5.74, 6) is -0.0500. The molecule has 2 aromatic carbocycles. The number of sulfonamides is 1. The van der Waals surface area contributed by atoms with E-state index in [1.165, 1.54) is 17.3 Å². The predicted molar refractivity (Wildman–Crippen MR) is 133 cm³/mol. The van der Waals surface area contributed by atoms with Gasteiger partial charge in [-0.3, -0.25) is 9.69 Å². The van der Waals surface area contributed by atoms with E-state index in [9.17, 15) is 13.2 Å². The van der Waals surface area contributed by atoms with Crippen LogP contribution in [-0.2, 0) is 16.6 Å². The Bertz CT molecular complexity index is 1040. The van der Waals surface area contributed by atoms with E-state index < -0.39 is 10.0 Å². The average molecular weight is 488 g/mol. The molecule has 2 fully saturated rings. The standard InChI is InChI=1S/C25H33N3O3S2/c1-32-24-12-11-22(19-23(24)25(29)27-13-7-2-3-8-14-27)33(30,31)28-17-15-26(16-18-28)20-21-9-5-4-6-10-21/h4-6,9-12,19H,2-3,7-8,13-18,20H2,1H3. The summed E-state index contributed by atoms with van der Waals surface area (Å²) >= 11 is 1.49. The predicted octanol–water partition coefficient (Wildman–Crippen LogP) is 3.93. The Morgan fingerprint density at radius 3 is 2.18 bits per heavy atom. The van der Waals surface area contributed by atoms with E-state index in [4.69, 9.17) is 0 Å². The number of thioether (sulfide) groups is 1. The van der Waals surface area contributed by atoms with Gasteiger partial charge in [0.05, 0.1) is 10.5 Å². The zero-order valence-electron chi connectivity index (χ0n) is 19.3. The number of carbonyl (C=O) groups is 1. The molecule has 0 saturated carbocycles. The molecule has 2 aliphatic heterocycles. The Hall–Kier alpha value is -1.87. The maximum atomic E-state index is 13.4. The van der Waals surface area contributed by atoms with Crippen molar-refractivity contribution in [2.24, 2.45) is 0 Å². The average Bonchev–Trinajstić information content (AvgIpc) is 3.14. The first-order valence-corrected chi connectivity index (χ1v) is 14.4. The fourth-order valence-corrected chi connectivity index (χ4v) is 6.60. The Labute approximate surface area is 202 Å². The molecule has 2 aliphatic rings. The Balaban J connectivity index is 1.48. The number of carbonyl (C=O) groups excluding carboxylic acids is 1. The SMILES string of the molecule is CSc1ccc(S(=O)(=O)N2CCN(Cc3ccccc3)CC2)cc1C(=O)N1CCCCCC1. The fourth-order valence-electron chi connectivity index (χ4n) is 4.58. The lowest BCUT2D eigenvalue weighted by Crippen LogP contribution is -2.48. The summed E-state index contributed by atoms with van der Waals surface area (Å²) in [7, 11) is -3.65. The van der Waals surface area contributed by atoms with Crippen LogP contribution in [0.5, 0.6) is 0 Å². The van der Waals surface area contributed by atoms with Crippen molar-refractivity contribution in [3.8, 4) is 0 Å². The summed E-state index contributed by atoms with van der Waals surface area (Å²) in [5, 5.41) is 0. The van der Waals surface area contributed by atoms with E-state index in [0.29, 0.717) is 31.7 Å². The largest absolute Gasteiger partial charge is 0.339 e. The van der Waals surface area contributed by atoms with Gasteiger partial charge in [0.15, 0.2) is 0 Å². The van der Waals surface area contributed by atoms with Crippen LogP contribution in [0.25, 0.3) is 0 Å². The fraction of sp³-hybridized carbons (Fsp3) is 0.480. The molecule has 0 aromatic heterocycles. The van der Waals surface area contributed by atoms with Gasteiger partial charge in [0.2, 0.25) is 10.0 Å². The van der Waals surface area contributed by atoms with Crippen LogP contribution in [0.3, 0.4) is 0 Å². The minimum absolute atomic E-state index is 0.0500. The Morgan fingerprint density at radius 2 is 1.55 bits per heavy atom. The lowest BCUT2D eigenvalue weighted by atomic mass is 10.2. The summed E-state index contributed by atoms with van der Waals surface area (Å²) in [6, 6.07) is 15.3. The molecular weight excluding hydrogens is 454 g/mol. The summed E-state index contributed by atoms with van der Waals surface area (Å²) in [5.41, 5.74) is 1.74. The lowest BCUT2D eigenvalue weighted by Gasteiger charge is -2.34. The molecule has 0 N–H and O–H groups in total. The van der Waals surface area contributed by atoms with Gasteiger partial charge in [-0.2, -0.15) is 4.31 Å². The van der Waals surface area contributed by atoms with Crippen molar-refractivity contribution >= 4 is 27.7 Å². The molecule has 2 aromatic rings. The van der Waals surface area contributed by atoms with Crippen LogP contribution in [0, 0.1) is 0 Å². The molecule has 1 amide bonds. The van der Waals surface area contributed by atoms with Crippen molar-refractivity contribution in [3.05, 3.63) is 59.7 Å². The van der Waals surface area contributed by atoms with Gasteiger partial charge in [0.1, 0.15) is 0 Å². The molecule has 6 nitrogen and oxygen atoms in total. The number of likely N-dealkylation sites (tertiary alicyclic amines) is 1. The van der Waals surface area contributed by atoms with Crippen LogP contribution in [0.1, 0.15) is 41.6 Å². The highest BCUT2D eigenvalue weighted by molar-refractivity contribution is 7.98. The third-order valence-corrected chi connectivity index (χ3v) is 9.20. The minimum Gasteiger partial charge on any atom is -0.339 e. The van der Waals surface area contributed by atoms with E-state index in [2.05, 4.69) is 17.0 Å². The van der Waals surface area contributed by atoms with Crippen LogP contribution >= 0.6 is 11.8 Å². The van der Waals surface area contributed by atoms with Gasteiger partial charge in [-0.15, -0.1) is 11.8 Å². The number of rotatable bonds is 6. The molecule has 0 bridgehead atoms. The first-order valence-electron chi connectivity index (χ1n) is 11.7. The molecule has 0 atom stereocenters. The van der Waals surface area contributed by atoms with Gasteiger partial charge in [0.25, 0.3) is 5.91 Å². The van der Waals surface area contributed by atoms with Crippen LogP contribution in [-0.4, -0.2) is 74.0 Å². The molecule has 0 aliphatic carbocycles. The van der Waals surface area contributed by atoms with E-state index in [1.807, 2.05) is 29.4 Å². The highest BCUT2D eigenvalue weighted by Crippen LogP contribution is 2.28. The topological polar surface area (TPSA) is 60.9 Å². The number of hydrogen-bond acceptors (Lipinski definition) is 5. The van der Waals surface area contributed by atoms with Gasteiger partial charge in [0, 0.05) is 50.7 Å². The molecule has 2 heterocycles. The Kier molecular flexibility index (Phi) is 8.11. The number of benzene rings is 2. The summed E-state index contributed by atoms with van der Waals surface area (Å²) in [6.45, 7) is 4.60. The van der Waals surface area contributed by atoms with E-state index >= 15 is 0 Å². The van der Waals surface area contributed by atoms with Crippen molar-refractivity contribution in [1.82, 2.24) is 14.1 Å². The molecule has 178 valence electrons. The summed E-state index contributed by atoms with van der Waals surface area (Å²) in [4.78, 5) is 18.5. The molecule has 0 radical (unpaired) electrons. The second-order valence-electron chi connectivity index (χ2n) is 8.73. The highest BCUT2D eigenvalue weighted by Gasteiger charge is 2.30. The first kappa shape index (κ1) is 24.3. The van der Waals surface area contributed by atoms with Crippen LogP contribution < -0.4 is 0 Å². The van der Waals surface area contributed by atoms with Crippen LogP contribution in [0.4, 0.5) is 0 Å². The molecular formula is C25H33N3O3S2. The van der Waals surface area contributed by atoms with Crippen molar-refractivity contribution in [2.45, 2.75) is 42.0 Å². The molecule has 4 rings (SSSR count). The zero-order valence-corrected chi connectivity index (χ0v) is 20.9. The molecule has 0 spiro atoms. The van der Waals surface area contributed by atoms with Gasteiger partial charge in [-0.25, -0.2) is 8.42 Å². The van der Waals surface area contributed by atoms with Crippen LogP contribution in [0.2, 0.25) is 0 Å². The van der Waals surface area contributed by atoms with Crippen molar-refractivity contribution in [3.63, 3.8) is 0 Å². The molecule has 33 heavy (non-hydrogen) atoms. The molecule has 0 unspecified atom stereocenters. The normalized spacial score (nSPS) is 18.8. The van der Waals surface area contributed by atoms with Crippen molar-refractivity contribution in [1.29, 1.82) is 0 Å². The first-order chi connectivity index (χ1) is 16.0. The second kappa shape index (κ2) is 11.0. The van der Waals surface area contributed by atoms with Gasteiger partial charge < -0.3 is 4.90 Å². The van der Waals surface area contributed by atoms with Gasteiger partial charge in [-0.1, -0.05) is 43.2 Å². The van der Waals surface area contributed by atoms with Gasteiger partial charge >= 0.3 is 0 Å². The lowest BCUT2D eigenvalue weighted by molar-refractivity contribution is 0.0758. The summed E-state index contributed by atoms with van der Waals surface area (Å²) in [6.07, 6.45) is 6.22. The van der Waals surface area contributed by atoms with Crippen LogP contribution in [0.15, 0.2) is 58.3 Å². The number of hydrogen-bond donors (Lipinski definition) is 0. The number of nitrogens with zero attached hydrogens (tertiary/aromatic N) is 3. The maximum Gasteiger partial charge on any atom is 0.255 e. The smallest absolute Gasteiger partial charge is 0.255 e. The monoisotopic (exact) mass is 487 g/mol. The second-order valence-corrected chi connectivity index (χ2v) is 11.5. The maximum absolute atomic E-state index is 13.4. The quantitative estimate of drug-likeness (QED) is 0.578.